The molecule has 1 atom stereocenters. The molecule has 0 fully saturated rings. The molecule has 0 N–H and O–H groups in total. The standard InChI is InChI=1S/C20H24BrNO/c1-22(2)13-15-7-8-17-12-19(10-9-16(17)11-15)23-14-18-5-3-4-6-20(18)21/h3-6,9-10,12,15H,7-8,11,13-14H2,1-2H3. The molecule has 0 aromatic heterocycles. The second kappa shape index (κ2) is 7.50. The largest absolute Gasteiger partial charge is 0.489 e. The maximum Gasteiger partial charge on any atom is 0.120 e. The molecular formula is C20H24BrNO. The van der Waals surface area contributed by atoms with E-state index in [9.17, 15) is 0 Å². The summed E-state index contributed by atoms with van der Waals surface area (Å²) >= 11 is 3.57. The molecule has 0 heterocycles. The third-order valence-corrected chi connectivity index (χ3v) is 5.26. The van der Waals surface area contributed by atoms with E-state index in [-0.39, 0.29) is 0 Å². The fraction of sp³-hybridized carbons (Fsp3) is 0.400. The van der Waals surface area contributed by atoms with E-state index < -0.39 is 0 Å². The first kappa shape index (κ1) is 16.5. The summed E-state index contributed by atoms with van der Waals surface area (Å²) in [6, 6.07) is 14.8. The summed E-state index contributed by atoms with van der Waals surface area (Å²) in [6.45, 7) is 1.78. The monoisotopic (exact) mass is 373 g/mol. The molecule has 0 saturated heterocycles. The molecule has 0 bridgehead atoms. The molecular weight excluding hydrogens is 350 g/mol. The summed E-state index contributed by atoms with van der Waals surface area (Å²) in [6.07, 6.45) is 3.64. The normalized spacial score (nSPS) is 17.1. The maximum absolute atomic E-state index is 5.99. The number of aryl methyl sites for hydroxylation is 1. The van der Waals surface area contributed by atoms with Crippen LogP contribution in [0.15, 0.2) is 46.9 Å². The van der Waals surface area contributed by atoms with Crippen LogP contribution in [0.1, 0.15) is 23.1 Å². The van der Waals surface area contributed by atoms with Gasteiger partial charge in [0.1, 0.15) is 12.4 Å². The Morgan fingerprint density at radius 2 is 1.96 bits per heavy atom. The van der Waals surface area contributed by atoms with E-state index in [2.05, 4.69) is 65.3 Å². The van der Waals surface area contributed by atoms with E-state index in [4.69, 9.17) is 4.74 Å². The molecule has 122 valence electrons. The Bertz CT molecular complexity index is 668. The molecule has 0 radical (unpaired) electrons. The highest BCUT2D eigenvalue weighted by molar-refractivity contribution is 9.10. The first-order valence-corrected chi connectivity index (χ1v) is 9.04. The van der Waals surface area contributed by atoms with Crippen LogP contribution in [0.2, 0.25) is 0 Å². The molecule has 2 aromatic carbocycles. The van der Waals surface area contributed by atoms with Gasteiger partial charge < -0.3 is 9.64 Å². The third kappa shape index (κ3) is 4.36. The first-order chi connectivity index (χ1) is 11.1. The topological polar surface area (TPSA) is 12.5 Å². The minimum atomic E-state index is 0.601. The van der Waals surface area contributed by atoms with Crippen LogP contribution in [-0.4, -0.2) is 25.5 Å². The van der Waals surface area contributed by atoms with E-state index in [1.165, 1.54) is 42.5 Å². The van der Waals surface area contributed by atoms with Gasteiger partial charge in [0.2, 0.25) is 0 Å². The van der Waals surface area contributed by atoms with E-state index >= 15 is 0 Å². The van der Waals surface area contributed by atoms with Crippen molar-refractivity contribution in [3.05, 3.63) is 63.6 Å². The third-order valence-electron chi connectivity index (χ3n) is 4.48. The number of fused-ring (bicyclic) bond motifs is 1. The second-order valence-electron chi connectivity index (χ2n) is 6.68. The predicted molar refractivity (Wildman–Crippen MR) is 99.0 cm³/mol. The van der Waals surface area contributed by atoms with Crippen molar-refractivity contribution < 1.29 is 4.74 Å². The fourth-order valence-electron chi connectivity index (χ4n) is 3.35. The number of hydrogen-bond acceptors (Lipinski definition) is 2. The van der Waals surface area contributed by atoms with Crippen molar-refractivity contribution in [1.29, 1.82) is 0 Å². The van der Waals surface area contributed by atoms with Crippen LogP contribution in [-0.2, 0) is 19.4 Å². The molecule has 1 unspecified atom stereocenters. The minimum Gasteiger partial charge on any atom is -0.489 e. The van der Waals surface area contributed by atoms with Gasteiger partial charge in [-0.25, -0.2) is 0 Å². The van der Waals surface area contributed by atoms with Crippen LogP contribution < -0.4 is 4.74 Å². The quantitative estimate of drug-likeness (QED) is 0.753. The lowest BCUT2D eigenvalue weighted by Crippen LogP contribution is -2.26. The van der Waals surface area contributed by atoms with Crippen LogP contribution in [0.3, 0.4) is 0 Å². The van der Waals surface area contributed by atoms with Crippen molar-refractivity contribution >= 4 is 15.9 Å². The molecule has 0 saturated carbocycles. The van der Waals surface area contributed by atoms with Gasteiger partial charge in [-0.15, -0.1) is 0 Å². The van der Waals surface area contributed by atoms with Gasteiger partial charge in [0.15, 0.2) is 0 Å². The van der Waals surface area contributed by atoms with Crippen LogP contribution in [0.25, 0.3) is 0 Å². The number of rotatable bonds is 5. The van der Waals surface area contributed by atoms with Gasteiger partial charge >= 0.3 is 0 Å². The molecule has 0 amide bonds. The van der Waals surface area contributed by atoms with Gasteiger partial charge in [0.05, 0.1) is 0 Å². The summed E-state index contributed by atoms with van der Waals surface area (Å²) in [5.74, 6) is 1.76. The molecule has 2 nitrogen and oxygen atoms in total. The van der Waals surface area contributed by atoms with Gasteiger partial charge in [-0.3, -0.25) is 0 Å². The lowest BCUT2D eigenvalue weighted by atomic mass is 9.83. The van der Waals surface area contributed by atoms with Crippen molar-refractivity contribution in [3.63, 3.8) is 0 Å². The molecule has 1 aliphatic rings. The Balaban J connectivity index is 1.64. The number of ether oxygens (including phenoxy) is 1. The summed E-state index contributed by atoms with van der Waals surface area (Å²) in [4.78, 5) is 2.30. The SMILES string of the molecule is CN(C)CC1CCc2cc(OCc3ccccc3Br)ccc2C1. The van der Waals surface area contributed by atoms with E-state index in [0.717, 1.165) is 16.1 Å². The van der Waals surface area contributed by atoms with Crippen LogP contribution in [0.4, 0.5) is 0 Å². The predicted octanol–water partition coefficient (Wildman–Crippen LogP) is 4.69. The highest BCUT2D eigenvalue weighted by Crippen LogP contribution is 2.29. The van der Waals surface area contributed by atoms with Crippen molar-refractivity contribution in [1.82, 2.24) is 4.90 Å². The van der Waals surface area contributed by atoms with Crippen molar-refractivity contribution in [3.8, 4) is 5.75 Å². The second-order valence-corrected chi connectivity index (χ2v) is 7.54. The Hall–Kier alpha value is -1.32. The summed E-state index contributed by atoms with van der Waals surface area (Å²) < 4.78 is 7.09. The average molecular weight is 374 g/mol. The zero-order valence-electron chi connectivity index (χ0n) is 13.9. The van der Waals surface area contributed by atoms with E-state index in [1.54, 1.807) is 0 Å². The molecule has 3 heteroatoms. The first-order valence-electron chi connectivity index (χ1n) is 8.24. The van der Waals surface area contributed by atoms with E-state index in [0.29, 0.717) is 6.61 Å². The number of benzene rings is 2. The fourth-order valence-corrected chi connectivity index (χ4v) is 3.74. The van der Waals surface area contributed by atoms with Crippen LogP contribution >= 0.6 is 15.9 Å². The molecule has 23 heavy (non-hydrogen) atoms. The van der Waals surface area contributed by atoms with E-state index in [1.807, 2.05) is 12.1 Å². The van der Waals surface area contributed by atoms with Gasteiger partial charge in [0.25, 0.3) is 0 Å². The summed E-state index contributed by atoms with van der Waals surface area (Å²) in [5.41, 5.74) is 4.14. The Kier molecular flexibility index (Phi) is 5.39. The highest BCUT2D eigenvalue weighted by Gasteiger charge is 2.19. The maximum atomic E-state index is 5.99. The van der Waals surface area contributed by atoms with Crippen molar-refractivity contribution in [2.24, 2.45) is 5.92 Å². The molecule has 0 spiro atoms. The zero-order chi connectivity index (χ0) is 16.2. The number of halogens is 1. The van der Waals surface area contributed by atoms with Gasteiger partial charge in [-0.1, -0.05) is 40.2 Å². The summed E-state index contributed by atoms with van der Waals surface area (Å²) in [7, 11) is 4.32. The van der Waals surface area contributed by atoms with Crippen molar-refractivity contribution in [2.45, 2.75) is 25.9 Å². The van der Waals surface area contributed by atoms with Crippen LogP contribution in [0.5, 0.6) is 5.75 Å². The average Bonchev–Trinajstić information content (AvgIpc) is 2.53. The smallest absolute Gasteiger partial charge is 0.120 e. The van der Waals surface area contributed by atoms with Crippen LogP contribution in [0, 0.1) is 5.92 Å². The lowest BCUT2D eigenvalue weighted by Gasteiger charge is -2.27. The lowest BCUT2D eigenvalue weighted by molar-refractivity contribution is 0.297. The molecule has 3 rings (SSSR count). The minimum absolute atomic E-state index is 0.601. The molecule has 2 aromatic rings. The van der Waals surface area contributed by atoms with Gasteiger partial charge in [-0.05, 0) is 68.6 Å². The Morgan fingerprint density at radius 3 is 2.74 bits per heavy atom. The number of hydrogen-bond donors (Lipinski definition) is 0. The Morgan fingerprint density at radius 1 is 1.13 bits per heavy atom. The zero-order valence-corrected chi connectivity index (χ0v) is 15.5. The Labute approximate surface area is 147 Å². The number of nitrogens with zero attached hydrogens (tertiary/aromatic N) is 1. The summed E-state index contributed by atoms with van der Waals surface area (Å²) in [5, 5.41) is 0. The van der Waals surface area contributed by atoms with Gasteiger partial charge in [-0.2, -0.15) is 0 Å². The molecule has 1 aliphatic carbocycles. The highest BCUT2D eigenvalue weighted by atomic mass is 79.9. The molecule has 0 aliphatic heterocycles. The van der Waals surface area contributed by atoms with Crippen molar-refractivity contribution in [2.75, 3.05) is 20.6 Å². The van der Waals surface area contributed by atoms with Gasteiger partial charge in [0, 0.05) is 16.6 Å².